The van der Waals surface area contributed by atoms with Crippen molar-refractivity contribution in [2.75, 3.05) is 30.8 Å². The summed E-state index contributed by atoms with van der Waals surface area (Å²) in [6.07, 6.45) is 2.84. The number of hydrogen-bond acceptors (Lipinski definition) is 7. The van der Waals surface area contributed by atoms with Crippen LogP contribution in [0.4, 0.5) is 11.6 Å². The van der Waals surface area contributed by atoms with E-state index in [9.17, 15) is 14.7 Å². The summed E-state index contributed by atoms with van der Waals surface area (Å²) in [6.45, 7) is 1.13. The monoisotopic (exact) mass is 319 g/mol. The van der Waals surface area contributed by atoms with Crippen molar-refractivity contribution in [2.45, 2.75) is 12.8 Å². The van der Waals surface area contributed by atoms with Crippen molar-refractivity contribution >= 4 is 29.2 Å². The topological polar surface area (TPSA) is 123 Å². The number of nitrogens with zero attached hydrogens (tertiary/aromatic N) is 4. The second kappa shape index (κ2) is 5.75. The van der Waals surface area contributed by atoms with Crippen LogP contribution in [0.2, 0.25) is 0 Å². The third kappa shape index (κ3) is 2.77. The van der Waals surface area contributed by atoms with Gasteiger partial charge in [0.15, 0.2) is 5.65 Å². The van der Waals surface area contributed by atoms with Gasteiger partial charge in [-0.2, -0.15) is 4.98 Å². The van der Waals surface area contributed by atoms with E-state index in [1.165, 1.54) is 17.7 Å². The Labute approximate surface area is 131 Å². The maximum absolute atomic E-state index is 11.6. The lowest BCUT2D eigenvalue weighted by Gasteiger charge is -2.33. The van der Waals surface area contributed by atoms with E-state index in [4.69, 9.17) is 10.5 Å². The van der Waals surface area contributed by atoms with E-state index in [1.807, 2.05) is 4.90 Å². The molecule has 1 saturated heterocycles. The number of rotatable bonds is 3. The Hall–Kier alpha value is -2.84. The van der Waals surface area contributed by atoms with E-state index in [0.29, 0.717) is 37.3 Å². The van der Waals surface area contributed by atoms with Crippen LogP contribution in [0, 0.1) is 5.92 Å². The van der Waals surface area contributed by atoms with E-state index in [-0.39, 0.29) is 23.4 Å². The van der Waals surface area contributed by atoms with Crippen molar-refractivity contribution in [3.63, 3.8) is 0 Å². The minimum Gasteiger partial charge on any atom is -0.478 e. The molecule has 9 heteroatoms. The maximum Gasteiger partial charge on any atom is 0.338 e. The Morgan fingerprint density at radius 2 is 2.09 bits per heavy atom. The molecule has 0 atom stereocenters. The maximum atomic E-state index is 11.6. The predicted octanol–water partition coefficient (Wildman–Crippen LogP) is 0.399. The van der Waals surface area contributed by atoms with Crippen LogP contribution >= 0.6 is 0 Å². The molecule has 1 aliphatic heterocycles. The lowest BCUT2D eigenvalue weighted by Crippen LogP contribution is -2.37. The molecular weight excluding hydrogens is 302 g/mol. The Balaban J connectivity index is 1.91. The van der Waals surface area contributed by atoms with Crippen LogP contribution in [0.3, 0.4) is 0 Å². The summed E-state index contributed by atoms with van der Waals surface area (Å²) in [4.78, 5) is 29.0. The number of nitrogens with two attached hydrogens (primary N) is 1. The summed E-state index contributed by atoms with van der Waals surface area (Å²) >= 11 is 0. The van der Waals surface area contributed by atoms with Crippen molar-refractivity contribution < 1.29 is 19.4 Å². The Morgan fingerprint density at radius 1 is 1.39 bits per heavy atom. The normalized spacial score (nSPS) is 15.8. The van der Waals surface area contributed by atoms with Gasteiger partial charge in [0.2, 0.25) is 5.95 Å². The first-order chi connectivity index (χ1) is 11.0. The van der Waals surface area contributed by atoms with E-state index in [2.05, 4.69) is 10.1 Å². The lowest BCUT2D eigenvalue weighted by atomic mass is 9.96. The number of nitrogen functional groups attached to an aromatic ring is 1. The molecule has 122 valence electrons. The molecule has 3 N–H and O–H groups in total. The van der Waals surface area contributed by atoms with Gasteiger partial charge in [0.1, 0.15) is 0 Å². The molecular formula is C14H17N5O4. The first-order valence-corrected chi connectivity index (χ1v) is 7.21. The average molecular weight is 319 g/mol. The third-order valence-electron chi connectivity index (χ3n) is 4.07. The highest BCUT2D eigenvalue weighted by molar-refractivity contribution is 5.95. The number of fused-ring (bicyclic) bond motifs is 1. The van der Waals surface area contributed by atoms with Gasteiger partial charge >= 0.3 is 11.9 Å². The zero-order valence-electron chi connectivity index (χ0n) is 12.6. The third-order valence-corrected chi connectivity index (χ3v) is 4.07. The quantitative estimate of drug-likeness (QED) is 0.779. The average Bonchev–Trinajstić information content (AvgIpc) is 2.92. The van der Waals surface area contributed by atoms with Crippen molar-refractivity contribution in [3.05, 3.63) is 17.8 Å². The summed E-state index contributed by atoms with van der Waals surface area (Å²) in [5.74, 6) is -1.32. The van der Waals surface area contributed by atoms with Gasteiger partial charge < -0.3 is 20.5 Å². The number of methoxy groups -OCH3 is 1. The zero-order valence-corrected chi connectivity index (χ0v) is 12.6. The number of hydrogen-bond donors (Lipinski definition) is 2. The van der Waals surface area contributed by atoms with Crippen molar-refractivity contribution in [2.24, 2.45) is 5.92 Å². The Morgan fingerprint density at radius 3 is 2.70 bits per heavy atom. The smallest absolute Gasteiger partial charge is 0.338 e. The first-order valence-electron chi connectivity index (χ1n) is 7.21. The van der Waals surface area contributed by atoms with Gasteiger partial charge in [-0.25, -0.2) is 9.31 Å². The molecule has 2 aromatic rings. The van der Waals surface area contributed by atoms with Crippen LogP contribution in [0.15, 0.2) is 12.3 Å². The number of aromatic carboxylic acids is 1. The fourth-order valence-corrected chi connectivity index (χ4v) is 2.88. The Bertz CT molecular complexity index is 764. The number of aromatic nitrogens is 3. The van der Waals surface area contributed by atoms with Crippen LogP contribution in [0.25, 0.3) is 5.65 Å². The molecule has 0 spiro atoms. The molecule has 0 saturated carbocycles. The van der Waals surface area contributed by atoms with Crippen molar-refractivity contribution in [1.82, 2.24) is 14.6 Å². The molecule has 3 heterocycles. The molecule has 23 heavy (non-hydrogen) atoms. The largest absolute Gasteiger partial charge is 0.478 e. The van der Waals surface area contributed by atoms with Gasteiger partial charge in [-0.15, -0.1) is 5.10 Å². The van der Waals surface area contributed by atoms with Crippen molar-refractivity contribution in [3.8, 4) is 0 Å². The number of carboxylic acids is 1. The van der Waals surface area contributed by atoms with Gasteiger partial charge in [-0.3, -0.25) is 4.79 Å². The molecule has 0 unspecified atom stereocenters. The SMILES string of the molecule is COC(=O)C1CCN(c2cn3nc(N)nc3cc2C(=O)O)CC1. The first kappa shape index (κ1) is 15.1. The number of carboxylic acid groups (broad SMARTS) is 1. The Kier molecular flexibility index (Phi) is 3.77. The predicted molar refractivity (Wildman–Crippen MR) is 81.3 cm³/mol. The number of anilines is 2. The van der Waals surface area contributed by atoms with Crippen LogP contribution in [0.5, 0.6) is 0 Å². The summed E-state index contributed by atoms with van der Waals surface area (Å²) in [6, 6.07) is 1.45. The van der Waals surface area contributed by atoms with Crippen LogP contribution in [0.1, 0.15) is 23.2 Å². The standard InChI is InChI=1S/C14H17N5O4/c1-23-13(22)8-2-4-18(5-3-8)10-7-19-11(16-14(15)17-19)6-9(10)12(20)21/h6-8H,2-5H2,1H3,(H2,15,17)(H,20,21). The fraction of sp³-hybridized carbons (Fsp3) is 0.429. The molecule has 0 aliphatic carbocycles. The van der Waals surface area contributed by atoms with E-state index >= 15 is 0 Å². The van der Waals surface area contributed by atoms with Gasteiger partial charge in [0, 0.05) is 13.1 Å². The highest BCUT2D eigenvalue weighted by Gasteiger charge is 2.28. The van der Waals surface area contributed by atoms with Crippen LogP contribution < -0.4 is 10.6 Å². The number of ether oxygens (including phenoxy) is 1. The zero-order chi connectivity index (χ0) is 16.6. The highest BCUT2D eigenvalue weighted by Crippen LogP contribution is 2.28. The lowest BCUT2D eigenvalue weighted by molar-refractivity contribution is -0.146. The molecule has 0 radical (unpaired) electrons. The molecule has 3 rings (SSSR count). The van der Waals surface area contributed by atoms with Crippen molar-refractivity contribution in [1.29, 1.82) is 0 Å². The second-order valence-electron chi connectivity index (χ2n) is 5.43. The molecule has 0 aromatic carbocycles. The molecule has 1 aliphatic rings. The molecule has 2 aromatic heterocycles. The van der Waals surface area contributed by atoms with Crippen LogP contribution in [-0.4, -0.2) is 51.8 Å². The summed E-state index contributed by atoms with van der Waals surface area (Å²) < 4.78 is 6.23. The summed E-state index contributed by atoms with van der Waals surface area (Å²) in [5, 5.41) is 13.5. The minimum atomic E-state index is -1.04. The molecule has 1 fully saturated rings. The minimum absolute atomic E-state index is 0.0860. The summed E-state index contributed by atoms with van der Waals surface area (Å²) in [5.41, 5.74) is 6.62. The van der Waals surface area contributed by atoms with Gasteiger partial charge in [0.05, 0.1) is 30.5 Å². The number of pyridine rings is 1. The van der Waals surface area contributed by atoms with Gasteiger partial charge in [-0.05, 0) is 18.9 Å². The molecule has 9 nitrogen and oxygen atoms in total. The number of carbonyl (C=O) groups excluding carboxylic acids is 1. The number of carbonyl (C=O) groups is 2. The van der Waals surface area contributed by atoms with E-state index in [0.717, 1.165) is 0 Å². The fourth-order valence-electron chi connectivity index (χ4n) is 2.88. The van der Waals surface area contributed by atoms with Gasteiger partial charge in [0.25, 0.3) is 0 Å². The van der Waals surface area contributed by atoms with Crippen LogP contribution in [-0.2, 0) is 9.53 Å². The number of piperidine rings is 1. The van der Waals surface area contributed by atoms with E-state index in [1.54, 1.807) is 6.20 Å². The second-order valence-corrected chi connectivity index (χ2v) is 5.43. The van der Waals surface area contributed by atoms with E-state index < -0.39 is 5.97 Å². The van der Waals surface area contributed by atoms with Gasteiger partial charge in [-0.1, -0.05) is 0 Å². The highest BCUT2D eigenvalue weighted by atomic mass is 16.5. The molecule has 0 bridgehead atoms. The summed E-state index contributed by atoms with van der Waals surface area (Å²) in [7, 11) is 1.38. The number of esters is 1. The molecule has 0 amide bonds.